The summed E-state index contributed by atoms with van der Waals surface area (Å²) in [4.78, 5) is 15.1. The van der Waals surface area contributed by atoms with Gasteiger partial charge in [-0.15, -0.1) is 11.6 Å². The number of aryl methyl sites for hydroxylation is 1. The Morgan fingerprint density at radius 2 is 2.25 bits per heavy atom. The molecule has 4 nitrogen and oxygen atoms in total. The SMILES string of the molecule is C[C@H](Cl)c1nc2cc(C(=O)O)ccc2n1C. The number of imidazole rings is 1. The van der Waals surface area contributed by atoms with E-state index < -0.39 is 5.97 Å². The summed E-state index contributed by atoms with van der Waals surface area (Å²) in [5.41, 5.74) is 1.77. The Morgan fingerprint density at radius 3 is 2.81 bits per heavy atom. The van der Waals surface area contributed by atoms with Crippen molar-refractivity contribution in [2.24, 2.45) is 7.05 Å². The predicted octanol–water partition coefficient (Wildman–Crippen LogP) is 2.57. The monoisotopic (exact) mass is 238 g/mol. The van der Waals surface area contributed by atoms with Crippen LogP contribution in [0.25, 0.3) is 11.0 Å². The minimum atomic E-state index is -0.951. The maximum Gasteiger partial charge on any atom is 0.335 e. The lowest BCUT2D eigenvalue weighted by Crippen LogP contribution is -1.98. The fourth-order valence-electron chi connectivity index (χ4n) is 1.71. The van der Waals surface area contributed by atoms with E-state index in [2.05, 4.69) is 4.98 Å². The van der Waals surface area contributed by atoms with Crippen LogP contribution in [0.15, 0.2) is 18.2 Å². The summed E-state index contributed by atoms with van der Waals surface area (Å²) in [6.07, 6.45) is 0. The molecule has 0 saturated heterocycles. The fraction of sp³-hybridized carbons (Fsp3) is 0.273. The van der Waals surface area contributed by atoms with Crippen LogP contribution in [0.1, 0.15) is 28.5 Å². The molecule has 1 atom stereocenters. The molecule has 0 aliphatic rings. The average Bonchev–Trinajstić information content (AvgIpc) is 2.55. The van der Waals surface area contributed by atoms with Gasteiger partial charge < -0.3 is 9.67 Å². The van der Waals surface area contributed by atoms with E-state index in [1.165, 1.54) is 0 Å². The number of aromatic carboxylic acids is 1. The molecule has 0 fully saturated rings. The number of benzene rings is 1. The number of carbonyl (C=O) groups is 1. The number of aromatic nitrogens is 2. The van der Waals surface area contributed by atoms with Gasteiger partial charge in [-0.3, -0.25) is 0 Å². The molecule has 84 valence electrons. The summed E-state index contributed by atoms with van der Waals surface area (Å²) in [7, 11) is 1.87. The average molecular weight is 239 g/mol. The first-order valence-corrected chi connectivity index (χ1v) is 5.28. The van der Waals surface area contributed by atoms with Crippen molar-refractivity contribution in [2.75, 3.05) is 0 Å². The van der Waals surface area contributed by atoms with Gasteiger partial charge in [0.25, 0.3) is 0 Å². The molecule has 0 spiro atoms. The molecule has 2 rings (SSSR count). The molecule has 0 bridgehead atoms. The first kappa shape index (κ1) is 11.0. The summed E-state index contributed by atoms with van der Waals surface area (Å²) in [5.74, 6) is -0.216. The van der Waals surface area contributed by atoms with Crippen LogP contribution in [0.4, 0.5) is 0 Å². The van der Waals surface area contributed by atoms with Gasteiger partial charge in [0.15, 0.2) is 0 Å². The van der Waals surface area contributed by atoms with E-state index in [0.717, 1.165) is 11.3 Å². The van der Waals surface area contributed by atoms with Crippen LogP contribution in [0, 0.1) is 0 Å². The number of halogens is 1. The van der Waals surface area contributed by atoms with Gasteiger partial charge >= 0.3 is 5.97 Å². The number of alkyl halides is 1. The molecular weight excluding hydrogens is 228 g/mol. The molecule has 1 aromatic carbocycles. The lowest BCUT2D eigenvalue weighted by molar-refractivity contribution is 0.0697. The Kier molecular flexibility index (Phi) is 2.59. The van der Waals surface area contributed by atoms with E-state index >= 15 is 0 Å². The molecule has 5 heteroatoms. The van der Waals surface area contributed by atoms with E-state index in [9.17, 15) is 4.79 Å². The number of carboxylic acids is 1. The highest BCUT2D eigenvalue weighted by atomic mass is 35.5. The van der Waals surface area contributed by atoms with E-state index in [0.29, 0.717) is 5.52 Å². The third-order valence-electron chi connectivity index (χ3n) is 2.52. The van der Waals surface area contributed by atoms with Crippen molar-refractivity contribution in [3.8, 4) is 0 Å². The van der Waals surface area contributed by atoms with Crippen LogP contribution in [-0.4, -0.2) is 20.6 Å². The van der Waals surface area contributed by atoms with Gasteiger partial charge in [-0.1, -0.05) is 0 Å². The van der Waals surface area contributed by atoms with Crippen LogP contribution >= 0.6 is 11.6 Å². The van der Waals surface area contributed by atoms with Crippen molar-refractivity contribution in [3.05, 3.63) is 29.6 Å². The normalized spacial score (nSPS) is 12.9. The molecule has 1 N–H and O–H groups in total. The molecule has 1 aromatic heterocycles. The lowest BCUT2D eigenvalue weighted by Gasteiger charge is -2.02. The van der Waals surface area contributed by atoms with E-state index in [-0.39, 0.29) is 10.9 Å². The number of hydrogen-bond acceptors (Lipinski definition) is 2. The van der Waals surface area contributed by atoms with Crippen LogP contribution in [-0.2, 0) is 7.05 Å². The Labute approximate surface area is 97.5 Å². The maximum absolute atomic E-state index is 10.8. The highest BCUT2D eigenvalue weighted by Crippen LogP contribution is 2.23. The van der Waals surface area contributed by atoms with Crippen molar-refractivity contribution < 1.29 is 9.90 Å². The molecule has 2 aromatic rings. The Morgan fingerprint density at radius 1 is 1.56 bits per heavy atom. The summed E-state index contributed by atoms with van der Waals surface area (Å²) in [6.45, 7) is 1.83. The molecular formula is C11H11ClN2O2. The van der Waals surface area contributed by atoms with Gasteiger partial charge in [0, 0.05) is 7.05 Å². The maximum atomic E-state index is 10.8. The summed E-state index contributed by atoms with van der Waals surface area (Å²) in [6, 6.07) is 4.87. The lowest BCUT2D eigenvalue weighted by atomic mass is 10.2. The number of nitrogens with zero attached hydrogens (tertiary/aromatic N) is 2. The first-order chi connectivity index (χ1) is 7.50. The number of fused-ring (bicyclic) bond motifs is 1. The summed E-state index contributed by atoms with van der Waals surface area (Å²) in [5, 5.41) is 8.67. The molecule has 0 unspecified atom stereocenters. The van der Waals surface area contributed by atoms with Gasteiger partial charge in [0.2, 0.25) is 0 Å². The van der Waals surface area contributed by atoms with Crippen molar-refractivity contribution >= 4 is 28.6 Å². The minimum absolute atomic E-state index is 0.203. The fourth-order valence-corrected chi connectivity index (χ4v) is 1.90. The van der Waals surface area contributed by atoms with Crippen LogP contribution in [0.2, 0.25) is 0 Å². The molecule has 0 radical (unpaired) electrons. The zero-order valence-corrected chi connectivity index (χ0v) is 9.69. The van der Waals surface area contributed by atoms with Crippen molar-refractivity contribution in [2.45, 2.75) is 12.3 Å². The van der Waals surface area contributed by atoms with Crippen molar-refractivity contribution in [1.82, 2.24) is 9.55 Å². The van der Waals surface area contributed by atoms with Gasteiger partial charge in [0.05, 0.1) is 22.0 Å². The highest BCUT2D eigenvalue weighted by Gasteiger charge is 2.13. The third-order valence-corrected chi connectivity index (χ3v) is 2.71. The number of carboxylic acid groups (broad SMARTS) is 1. The molecule has 1 heterocycles. The Balaban J connectivity index is 2.67. The summed E-state index contributed by atoms with van der Waals surface area (Å²) < 4.78 is 1.87. The Hall–Kier alpha value is -1.55. The largest absolute Gasteiger partial charge is 0.478 e. The van der Waals surface area contributed by atoms with E-state index in [1.807, 2.05) is 18.5 Å². The third kappa shape index (κ3) is 1.65. The van der Waals surface area contributed by atoms with Crippen LogP contribution in [0.3, 0.4) is 0 Å². The Bertz CT molecular complexity index is 560. The zero-order chi connectivity index (χ0) is 11.9. The predicted molar refractivity (Wildman–Crippen MR) is 61.9 cm³/mol. The second-order valence-corrected chi connectivity index (χ2v) is 4.31. The van der Waals surface area contributed by atoms with Gasteiger partial charge in [-0.2, -0.15) is 0 Å². The smallest absolute Gasteiger partial charge is 0.335 e. The molecule has 0 saturated carbocycles. The topological polar surface area (TPSA) is 55.1 Å². The molecule has 0 amide bonds. The van der Waals surface area contributed by atoms with Gasteiger partial charge in [-0.25, -0.2) is 9.78 Å². The second kappa shape index (κ2) is 3.79. The van der Waals surface area contributed by atoms with Crippen molar-refractivity contribution in [1.29, 1.82) is 0 Å². The van der Waals surface area contributed by atoms with Crippen LogP contribution < -0.4 is 0 Å². The van der Waals surface area contributed by atoms with Crippen molar-refractivity contribution in [3.63, 3.8) is 0 Å². The molecule has 0 aliphatic carbocycles. The standard InChI is InChI=1S/C11H11ClN2O2/c1-6(12)10-13-8-5-7(11(15)16)3-4-9(8)14(10)2/h3-6H,1-2H3,(H,15,16)/t6-/m0/s1. The quantitative estimate of drug-likeness (QED) is 0.818. The summed E-state index contributed by atoms with van der Waals surface area (Å²) >= 11 is 5.98. The van der Waals surface area contributed by atoms with Gasteiger partial charge in [0.1, 0.15) is 5.82 Å². The van der Waals surface area contributed by atoms with Crippen LogP contribution in [0.5, 0.6) is 0 Å². The second-order valence-electron chi connectivity index (χ2n) is 3.65. The van der Waals surface area contributed by atoms with E-state index in [4.69, 9.17) is 16.7 Å². The molecule has 16 heavy (non-hydrogen) atoms. The zero-order valence-electron chi connectivity index (χ0n) is 8.94. The first-order valence-electron chi connectivity index (χ1n) is 4.84. The number of rotatable bonds is 2. The minimum Gasteiger partial charge on any atom is -0.478 e. The number of hydrogen-bond donors (Lipinski definition) is 1. The van der Waals surface area contributed by atoms with E-state index in [1.54, 1.807) is 18.2 Å². The highest BCUT2D eigenvalue weighted by molar-refractivity contribution is 6.20. The van der Waals surface area contributed by atoms with Gasteiger partial charge in [-0.05, 0) is 25.1 Å². The molecule has 0 aliphatic heterocycles.